The van der Waals surface area contributed by atoms with Gasteiger partial charge in [-0.2, -0.15) is 0 Å². The van der Waals surface area contributed by atoms with Crippen LogP contribution in [0.25, 0.3) is 22.3 Å². The average molecular weight is 338 g/mol. The van der Waals surface area contributed by atoms with Crippen LogP contribution in [-0.4, -0.2) is 34.2 Å². The fourth-order valence-corrected chi connectivity index (χ4v) is 3.22. The molecule has 1 fully saturated rings. The third-order valence-corrected chi connectivity index (χ3v) is 4.62. The number of benzene rings is 2. The first kappa shape index (κ1) is 15.8. The smallest absolute Gasteiger partial charge is 0.165 e. The molecule has 6 heteroatoms. The summed E-state index contributed by atoms with van der Waals surface area (Å²) >= 11 is 0. The zero-order chi connectivity index (χ0) is 17.4. The van der Waals surface area contributed by atoms with E-state index in [1.165, 1.54) is 12.1 Å². The van der Waals surface area contributed by atoms with Gasteiger partial charge in [0.15, 0.2) is 5.82 Å². The van der Waals surface area contributed by atoms with Crippen LogP contribution in [0.15, 0.2) is 42.5 Å². The molecule has 4 rings (SSSR count). The Balaban J connectivity index is 1.89. The number of para-hydroxylation sites is 1. The Labute approximate surface area is 144 Å². The Kier molecular flexibility index (Phi) is 3.97. The summed E-state index contributed by atoms with van der Waals surface area (Å²) in [5.41, 5.74) is 7.21. The van der Waals surface area contributed by atoms with E-state index in [9.17, 15) is 9.50 Å². The molecule has 0 atom stereocenters. The van der Waals surface area contributed by atoms with E-state index < -0.39 is 0 Å². The molecule has 0 unspecified atom stereocenters. The van der Waals surface area contributed by atoms with Gasteiger partial charge in [0.25, 0.3) is 0 Å². The molecule has 0 amide bonds. The highest BCUT2D eigenvalue weighted by molar-refractivity contribution is 5.91. The van der Waals surface area contributed by atoms with Crippen molar-refractivity contribution in [3.8, 4) is 17.1 Å². The number of phenolic OH excluding ortho intramolecular Hbond substituents is 1. The number of aromatic hydroxyl groups is 1. The lowest BCUT2D eigenvalue weighted by molar-refractivity contribution is 0.477. The Morgan fingerprint density at radius 1 is 1.08 bits per heavy atom. The molecule has 128 valence electrons. The van der Waals surface area contributed by atoms with Crippen molar-refractivity contribution in [2.24, 2.45) is 5.73 Å². The Bertz CT molecular complexity index is 922. The minimum Gasteiger partial charge on any atom is -0.507 e. The second-order valence-corrected chi connectivity index (χ2v) is 6.37. The maximum absolute atomic E-state index is 13.8. The first-order valence-electron chi connectivity index (χ1n) is 8.38. The molecule has 1 aromatic heterocycles. The van der Waals surface area contributed by atoms with E-state index >= 15 is 0 Å². The topological polar surface area (TPSA) is 75.3 Å². The molecular formula is C19H19FN4O. The summed E-state index contributed by atoms with van der Waals surface area (Å²) < 4.78 is 13.8. The van der Waals surface area contributed by atoms with Crippen LogP contribution >= 0.6 is 0 Å². The van der Waals surface area contributed by atoms with E-state index in [1.807, 2.05) is 6.07 Å². The highest BCUT2D eigenvalue weighted by Gasteiger charge is 2.21. The van der Waals surface area contributed by atoms with Crippen LogP contribution in [0.1, 0.15) is 12.8 Å². The average Bonchev–Trinajstić information content (AvgIpc) is 2.62. The molecule has 2 aromatic carbocycles. The fourth-order valence-electron chi connectivity index (χ4n) is 3.22. The largest absolute Gasteiger partial charge is 0.507 e. The molecule has 3 aromatic rings. The number of aromatic nitrogens is 2. The Morgan fingerprint density at radius 3 is 2.60 bits per heavy atom. The van der Waals surface area contributed by atoms with Crippen LogP contribution in [-0.2, 0) is 0 Å². The summed E-state index contributed by atoms with van der Waals surface area (Å²) in [6.45, 7) is 1.54. The minimum atomic E-state index is -0.318. The number of piperidine rings is 1. The fraction of sp³-hybridized carbons (Fsp3) is 0.263. The molecule has 1 aliphatic rings. The quantitative estimate of drug-likeness (QED) is 0.751. The molecule has 1 saturated heterocycles. The molecule has 0 saturated carbocycles. The molecule has 0 aliphatic carbocycles. The van der Waals surface area contributed by atoms with E-state index in [4.69, 9.17) is 5.73 Å². The van der Waals surface area contributed by atoms with Gasteiger partial charge in [-0.15, -0.1) is 0 Å². The summed E-state index contributed by atoms with van der Waals surface area (Å²) in [4.78, 5) is 11.3. The first-order valence-corrected chi connectivity index (χ1v) is 8.38. The van der Waals surface area contributed by atoms with E-state index in [1.54, 1.807) is 24.3 Å². The third kappa shape index (κ3) is 3.00. The highest BCUT2D eigenvalue weighted by Crippen LogP contribution is 2.32. The number of hydrogen-bond acceptors (Lipinski definition) is 5. The maximum atomic E-state index is 13.8. The van der Waals surface area contributed by atoms with Gasteiger partial charge in [0.1, 0.15) is 17.4 Å². The lowest BCUT2D eigenvalue weighted by Crippen LogP contribution is -2.40. The molecule has 25 heavy (non-hydrogen) atoms. The van der Waals surface area contributed by atoms with Crippen molar-refractivity contribution in [3.63, 3.8) is 0 Å². The van der Waals surface area contributed by atoms with Gasteiger partial charge in [-0.05, 0) is 43.2 Å². The molecule has 2 heterocycles. The Hall–Kier alpha value is -2.73. The number of rotatable bonds is 2. The van der Waals surface area contributed by atoms with Crippen molar-refractivity contribution in [2.75, 3.05) is 18.0 Å². The summed E-state index contributed by atoms with van der Waals surface area (Å²) in [5, 5.41) is 10.8. The van der Waals surface area contributed by atoms with Crippen molar-refractivity contribution < 1.29 is 9.50 Å². The van der Waals surface area contributed by atoms with E-state index in [0.29, 0.717) is 28.1 Å². The number of halogens is 1. The van der Waals surface area contributed by atoms with Crippen LogP contribution in [0.3, 0.4) is 0 Å². The Morgan fingerprint density at radius 2 is 1.84 bits per heavy atom. The normalized spacial score (nSPS) is 15.7. The number of anilines is 1. The number of fused-ring (bicyclic) bond motifs is 1. The van der Waals surface area contributed by atoms with E-state index in [-0.39, 0.29) is 17.6 Å². The van der Waals surface area contributed by atoms with E-state index in [0.717, 1.165) is 25.9 Å². The summed E-state index contributed by atoms with van der Waals surface area (Å²) in [5.74, 6) is 0.925. The molecular weight excluding hydrogens is 319 g/mol. The summed E-state index contributed by atoms with van der Waals surface area (Å²) in [6, 6.07) is 11.7. The number of phenols is 1. The lowest BCUT2D eigenvalue weighted by Gasteiger charge is -2.32. The monoisotopic (exact) mass is 338 g/mol. The molecule has 0 radical (unpaired) electrons. The first-order chi connectivity index (χ1) is 12.1. The third-order valence-electron chi connectivity index (χ3n) is 4.62. The van der Waals surface area contributed by atoms with Crippen molar-refractivity contribution in [1.82, 2.24) is 9.97 Å². The minimum absolute atomic E-state index is 0.121. The van der Waals surface area contributed by atoms with Gasteiger partial charge in [-0.3, -0.25) is 0 Å². The lowest BCUT2D eigenvalue weighted by atomic mass is 10.1. The number of hydrogen-bond donors (Lipinski definition) is 2. The zero-order valence-corrected chi connectivity index (χ0v) is 13.7. The zero-order valence-electron chi connectivity index (χ0n) is 13.7. The van der Waals surface area contributed by atoms with Crippen LogP contribution in [0.4, 0.5) is 10.2 Å². The number of nitrogens with two attached hydrogens (primary N) is 1. The van der Waals surface area contributed by atoms with Gasteiger partial charge in [-0.25, -0.2) is 14.4 Å². The summed E-state index contributed by atoms with van der Waals surface area (Å²) in [7, 11) is 0. The second kappa shape index (κ2) is 6.29. The standard InChI is InChI=1S/C19H19FN4O/c20-12-5-6-16-15(11-12)19(24-9-7-13(21)8-10-24)23-18(22-16)14-3-1-2-4-17(14)25/h1-6,11,13,25H,7-10,21H2. The van der Waals surface area contributed by atoms with Crippen LogP contribution in [0.5, 0.6) is 5.75 Å². The molecule has 5 nitrogen and oxygen atoms in total. The second-order valence-electron chi connectivity index (χ2n) is 6.37. The van der Waals surface area contributed by atoms with Crippen LogP contribution in [0, 0.1) is 5.82 Å². The maximum Gasteiger partial charge on any atom is 0.165 e. The van der Waals surface area contributed by atoms with Gasteiger partial charge in [0.2, 0.25) is 0 Å². The van der Waals surface area contributed by atoms with Crippen molar-refractivity contribution in [1.29, 1.82) is 0 Å². The van der Waals surface area contributed by atoms with Gasteiger partial charge < -0.3 is 15.7 Å². The van der Waals surface area contributed by atoms with Gasteiger partial charge in [0, 0.05) is 24.5 Å². The van der Waals surface area contributed by atoms with Gasteiger partial charge >= 0.3 is 0 Å². The van der Waals surface area contributed by atoms with Crippen molar-refractivity contribution >= 4 is 16.7 Å². The van der Waals surface area contributed by atoms with Gasteiger partial charge in [-0.1, -0.05) is 12.1 Å². The van der Waals surface area contributed by atoms with E-state index in [2.05, 4.69) is 14.9 Å². The highest BCUT2D eigenvalue weighted by atomic mass is 19.1. The number of nitrogens with zero attached hydrogens (tertiary/aromatic N) is 3. The van der Waals surface area contributed by atoms with Crippen molar-refractivity contribution in [2.45, 2.75) is 18.9 Å². The molecule has 0 bridgehead atoms. The summed E-state index contributed by atoms with van der Waals surface area (Å²) in [6.07, 6.45) is 1.74. The van der Waals surface area contributed by atoms with Crippen LogP contribution < -0.4 is 10.6 Å². The van der Waals surface area contributed by atoms with Crippen LogP contribution in [0.2, 0.25) is 0 Å². The molecule has 3 N–H and O–H groups in total. The SMILES string of the molecule is NC1CCN(c2nc(-c3ccccc3O)nc3ccc(F)cc23)CC1. The predicted octanol–water partition coefficient (Wildman–Crippen LogP) is 3.07. The van der Waals surface area contributed by atoms with Crippen molar-refractivity contribution in [3.05, 3.63) is 48.3 Å². The predicted molar refractivity (Wildman–Crippen MR) is 96.0 cm³/mol. The molecule has 0 spiro atoms. The molecule has 1 aliphatic heterocycles. The van der Waals surface area contributed by atoms with Gasteiger partial charge in [0.05, 0.1) is 11.1 Å².